The van der Waals surface area contributed by atoms with Gasteiger partial charge in [0.15, 0.2) is 0 Å². The number of ether oxygens (including phenoxy) is 2. The predicted octanol–water partition coefficient (Wildman–Crippen LogP) is 1.53. The second-order valence-electron chi connectivity index (χ2n) is 3.81. The Morgan fingerprint density at radius 1 is 1.47 bits per heavy atom. The number of anilines is 1. The maximum Gasteiger partial charge on any atom is 0.215 e. The van der Waals surface area contributed by atoms with Gasteiger partial charge in [0.25, 0.3) is 0 Å². The number of rotatable bonds is 2. The highest BCUT2D eigenvalue weighted by atomic mass is 16.5. The second-order valence-corrected chi connectivity index (χ2v) is 3.81. The van der Waals surface area contributed by atoms with Gasteiger partial charge in [0.2, 0.25) is 5.88 Å². The second kappa shape index (κ2) is 4.49. The van der Waals surface area contributed by atoms with Crippen LogP contribution in [0.25, 0.3) is 0 Å². The van der Waals surface area contributed by atoms with Crippen LogP contribution in [0.3, 0.4) is 0 Å². The van der Waals surface area contributed by atoms with Crippen molar-refractivity contribution in [1.82, 2.24) is 4.98 Å². The highest BCUT2D eigenvalue weighted by Crippen LogP contribution is 2.19. The minimum atomic E-state index is 0.216. The van der Waals surface area contributed by atoms with E-state index in [0.717, 1.165) is 37.3 Å². The monoisotopic (exact) mass is 208 g/mol. The molecule has 0 unspecified atom stereocenters. The summed E-state index contributed by atoms with van der Waals surface area (Å²) in [4.78, 5) is 4.19. The molecule has 1 aliphatic rings. The number of aryl methyl sites for hydroxylation is 1. The summed E-state index contributed by atoms with van der Waals surface area (Å²) >= 11 is 0. The van der Waals surface area contributed by atoms with Crippen molar-refractivity contribution < 1.29 is 9.47 Å². The molecule has 1 saturated heterocycles. The first kappa shape index (κ1) is 10.2. The lowest BCUT2D eigenvalue weighted by Gasteiger charge is -2.22. The number of nitrogen functional groups attached to an aromatic ring is 1. The number of hydrogen-bond donors (Lipinski definition) is 1. The summed E-state index contributed by atoms with van der Waals surface area (Å²) < 4.78 is 11.0. The third-order valence-electron chi connectivity index (χ3n) is 2.58. The van der Waals surface area contributed by atoms with Crippen molar-refractivity contribution in [3.05, 3.63) is 17.8 Å². The first-order valence-electron chi connectivity index (χ1n) is 5.22. The highest BCUT2D eigenvalue weighted by Gasteiger charge is 2.15. The fraction of sp³-hybridized carbons (Fsp3) is 0.545. The van der Waals surface area contributed by atoms with Crippen LogP contribution < -0.4 is 10.5 Å². The molecule has 0 aliphatic carbocycles. The highest BCUT2D eigenvalue weighted by molar-refractivity contribution is 5.47. The minimum Gasteiger partial charge on any atom is -0.474 e. The maximum atomic E-state index is 5.78. The summed E-state index contributed by atoms with van der Waals surface area (Å²) in [6, 6.07) is 1.78. The maximum absolute atomic E-state index is 5.78. The topological polar surface area (TPSA) is 57.4 Å². The van der Waals surface area contributed by atoms with Crippen molar-refractivity contribution in [1.29, 1.82) is 0 Å². The van der Waals surface area contributed by atoms with E-state index in [1.165, 1.54) is 0 Å². The zero-order valence-corrected chi connectivity index (χ0v) is 8.90. The van der Waals surface area contributed by atoms with Gasteiger partial charge in [-0.15, -0.1) is 0 Å². The first-order chi connectivity index (χ1) is 7.25. The lowest BCUT2D eigenvalue weighted by molar-refractivity contribution is 0.0237. The average molecular weight is 208 g/mol. The van der Waals surface area contributed by atoms with Gasteiger partial charge in [-0.3, -0.25) is 0 Å². The number of pyridine rings is 1. The zero-order valence-electron chi connectivity index (χ0n) is 8.90. The van der Waals surface area contributed by atoms with E-state index >= 15 is 0 Å². The molecule has 0 aromatic carbocycles. The molecule has 0 amide bonds. The Balaban J connectivity index is 2.00. The molecule has 82 valence electrons. The number of nitrogens with zero attached hydrogens (tertiary/aromatic N) is 1. The van der Waals surface area contributed by atoms with Crippen LogP contribution in [0.4, 0.5) is 5.69 Å². The van der Waals surface area contributed by atoms with Gasteiger partial charge >= 0.3 is 0 Å². The smallest absolute Gasteiger partial charge is 0.215 e. The molecule has 0 atom stereocenters. The van der Waals surface area contributed by atoms with E-state index in [1.54, 1.807) is 12.3 Å². The third kappa shape index (κ3) is 2.59. The van der Waals surface area contributed by atoms with E-state index in [2.05, 4.69) is 4.98 Å². The van der Waals surface area contributed by atoms with E-state index in [4.69, 9.17) is 15.2 Å². The Morgan fingerprint density at radius 3 is 2.87 bits per heavy atom. The van der Waals surface area contributed by atoms with E-state index in [1.807, 2.05) is 6.92 Å². The largest absolute Gasteiger partial charge is 0.474 e. The third-order valence-corrected chi connectivity index (χ3v) is 2.58. The predicted molar refractivity (Wildman–Crippen MR) is 57.9 cm³/mol. The van der Waals surface area contributed by atoms with Crippen LogP contribution >= 0.6 is 0 Å². The van der Waals surface area contributed by atoms with Crippen molar-refractivity contribution in [3.8, 4) is 5.88 Å². The van der Waals surface area contributed by atoms with E-state index in [9.17, 15) is 0 Å². The first-order valence-corrected chi connectivity index (χ1v) is 5.22. The molecule has 1 fully saturated rings. The van der Waals surface area contributed by atoms with Gasteiger partial charge in [-0.05, 0) is 12.5 Å². The van der Waals surface area contributed by atoms with E-state index in [-0.39, 0.29) is 6.10 Å². The van der Waals surface area contributed by atoms with Crippen LogP contribution in [-0.4, -0.2) is 24.3 Å². The molecule has 4 heteroatoms. The standard InChI is InChI=1S/C11H16N2O2/c1-8-7-13-11(6-10(8)12)15-9-2-4-14-5-3-9/h6-7,9H,2-5H2,1H3,(H2,12,13). The van der Waals surface area contributed by atoms with Crippen LogP contribution in [0, 0.1) is 6.92 Å². The summed E-state index contributed by atoms with van der Waals surface area (Å²) in [6.45, 7) is 3.47. The van der Waals surface area contributed by atoms with Crippen LogP contribution in [0.5, 0.6) is 5.88 Å². The fourth-order valence-corrected chi connectivity index (χ4v) is 1.55. The number of nitrogens with two attached hydrogens (primary N) is 1. The Labute approximate surface area is 89.4 Å². The Bertz CT molecular complexity index is 335. The summed E-state index contributed by atoms with van der Waals surface area (Å²) in [6.07, 6.45) is 3.81. The Hall–Kier alpha value is -1.29. The fourth-order valence-electron chi connectivity index (χ4n) is 1.55. The van der Waals surface area contributed by atoms with Crippen molar-refractivity contribution in [3.63, 3.8) is 0 Å². The van der Waals surface area contributed by atoms with Crippen molar-refractivity contribution in [2.45, 2.75) is 25.9 Å². The quantitative estimate of drug-likeness (QED) is 0.800. The van der Waals surface area contributed by atoms with Crippen LogP contribution in [0.1, 0.15) is 18.4 Å². The number of aromatic nitrogens is 1. The van der Waals surface area contributed by atoms with Crippen molar-refractivity contribution >= 4 is 5.69 Å². The van der Waals surface area contributed by atoms with Gasteiger partial charge < -0.3 is 15.2 Å². The molecule has 0 bridgehead atoms. The summed E-state index contributed by atoms with van der Waals surface area (Å²) in [5.41, 5.74) is 7.49. The number of hydrogen-bond acceptors (Lipinski definition) is 4. The molecular formula is C11H16N2O2. The average Bonchev–Trinajstić information content (AvgIpc) is 2.25. The summed E-state index contributed by atoms with van der Waals surface area (Å²) in [5.74, 6) is 0.616. The van der Waals surface area contributed by atoms with Crippen LogP contribution in [-0.2, 0) is 4.74 Å². The SMILES string of the molecule is Cc1cnc(OC2CCOCC2)cc1N. The van der Waals surface area contributed by atoms with Gasteiger partial charge in [0, 0.05) is 30.8 Å². The molecule has 1 aliphatic heterocycles. The summed E-state index contributed by atoms with van der Waals surface area (Å²) in [7, 11) is 0. The Morgan fingerprint density at radius 2 is 2.20 bits per heavy atom. The molecule has 2 N–H and O–H groups in total. The molecule has 1 aromatic heterocycles. The van der Waals surface area contributed by atoms with Gasteiger partial charge in [0.1, 0.15) is 6.10 Å². The molecule has 2 rings (SSSR count). The van der Waals surface area contributed by atoms with Gasteiger partial charge in [-0.2, -0.15) is 0 Å². The normalized spacial score (nSPS) is 17.7. The van der Waals surface area contributed by atoms with E-state index < -0.39 is 0 Å². The van der Waals surface area contributed by atoms with Gasteiger partial charge in [0.05, 0.1) is 13.2 Å². The van der Waals surface area contributed by atoms with Gasteiger partial charge in [-0.25, -0.2) is 4.98 Å². The van der Waals surface area contributed by atoms with Crippen molar-refractivity contribution in [2.24, 2.45) is 0 Å². The molecule has 15 heavy (non-hydrogen) atoms. The molecule has 0 spiro atoms. The van der Waals surface area contributed by atoms with Gasteiger partial charge in [-0.1, -0.05) is 0 Å². The molecule has 2 heterocycles. The van der Waals surface area contributed by atoms with E-state index in [0.29, 0.717) is 5.88 Å². The molecule has 1 aromatic rings. The van der Waals surface area contributed by atoms with Crippen molar-refractivity contribution in [2.75, 3.05) is 18.9 Å². The molecule has 0 saturated carbocycles. The summed E-state index contributed by atoms with van der Waals surface area (Å²) in [5, 5.41) is 0. The minimum absolute atomic E-state index is 0.216. The molecular weight excluding hydrogens is 192 g/mol. The lowest BCUT2D eigenvalue weighted by atomic mass is 10.1. The van der Waals surface area contributed by atoms with Crippen LogP contribution in [0.15, 0.2) is 12.3 Å². The molecule has 4 nitrogen and oxygen atoms in total. The van der Waals surface area contributed by atoms with Crippen LogP contribution in [0.2, 0.25) is 0 Å². The molecule has 0 radical (unpaired) electrons. The Kier molecular flexibility index (Phi) is 3.06. The zero-order chi connectivity index (χ0) is 10.7. The lowest BCUT2D eigenvalue weighted by Crippen LogP contribution is -2.26.